The zero-order valence-electron chi connectivity index (χ0n) is 9.58. The number of aliphatic carboxylic acids is 1. The summed E-state index contributed by atoms with van der Waals surface area (Å²) in [6.07, 6.45) is 2.42. The molecule has 87 valence electrons. The Morgan fingerprint density at radius 2 is 1.87 bits per heavy atom. The molecule has 1 radical (unpaired) electrons. The van der Waals surface area contributed by atoms with Crippen molar-refractivity contribution in [1.82, 2.24) is 0 Å². The number of carboxylic acids is 1. The van der Waals surface area contributed by atoms with Crippen molar-refractivity contribution in [1.29, 1.82) is 0 Å². The van der Waals surface area contributed by atoms with E-state index in [1.54, 1.807) is 0 Å². The maximum absolute atomic E-state index is 11.1. The van der Waals surface area contributed by atoms with Crippen LogP contribution in [0.25, 0.3) is 0 Å². The van der Waals surface area contributed by atoms with Crippen molar-refractivity contribution in [2.45, 2.75) is 40.0 Å². The molecule has 0 unspecified atom stereocenters. The molecular weight excluding hydrogens is 196 g/mol. The predicted molar refractivity (Wildman–Crippen MR) is 56.2 cm³/mol. The first-order valence-electron chi connectivity index (χ1n) is 5.03. The number of carbonyl (C=O) groups excluding carboxylic acids is 1. The third-order valence-corrected chi connectivity index (χ3v) is 1.71. The van der Waals surface area contributed by atoms with E-state index in [1.807, 2.05) is 27.2 Å². The lowest BCUT2D eigenvalue weighted by Crippen LogP contribution is -2.14. The lowest BCUT2D eigenvalue weighted by molar-refractivity contribution is -0.143. The van der Waals surface area contributed by atoms with Gasteiger partial charge in [-0.2, -0.15) is 0 Å². The van der Waals surface area contributed by atoms with Crippen molar-refractivity contribution >= 4 is 11.9 Å². The van der Waals surface area contributed by atoms with E-state index >= 15 is 0 Å². The van der Waals surface area contributed by atoms with Gasteiger partial charge in [-0.1, -0.05) is 20.8 Å². The molecule has 0 aromatic rings. The maximum Gasteiger partial charge on any atom is 0.305 e. The van der Waals surface area contributed by atoms with Crippen LogP contribution in [0.2, 0.25) is 0 Å². The number of carboxylic acid groups (broad SMARTS) is 1. The normalized spacial score (nSPS) is 11.1. The molecule has 15 heavy (non-hydrogen) atoms. The lowest BCUT2D eigenvalue weighted by Gasteiger charge is -2.16. The largest absolute Gasteiger partial charge is 0.481 e. The van der Waals surface area contributed by atoms with Crippen LogP contribution in [0.3, 0.4) is 0 Å². The van der Waals surface area contributed by atoms with Gasteiger partial charge in [0.05, 0.1) is 6.61 Å². The van der Waals surface area contributed by atoms with Gasteiger partial charge in [-0.05, 0) is 11.8 Å². The molecule has 0 aromatic heterocycles. The molecule has 0 fully saturated rings. The van der Waals surface area contributed by atoms with Crippen LogP contribution in [0.1, 0.15) is 40.0 Å². The molecule has 0 saturated carbocycles. The molecule has 0 aliphatic heterocycles. The van der Waals surface area contributed by atoms with Crippen LogP contribution in [-0.2, 0) is 14.3 Å². The summed E-state index contributed by atoms with van der Waals surface area (Å²) >= 11 is 0. The zero-order valence-corrected chi connectivity index (χ0v) is 9.58. The molecule has 1 N–H and O–H groups in total. The first-order valence-corrected chi connectivity index (χ1v) is 5.03. The Morgan fingerprint density at radius 1 is 1.27 bits per heavy atom. The number of carbonyl (C=O) groups is 2. The topological polar surface area (TPSA) is 63.6 Å². The zero-order chi connectivity index (χ0) is 11.9. The minimum Gasteiger partial charge on any atom is -0.481 e. The van der Waals surface area contributed by atoms with Crippen LogP contribution in [0.15, 0.2) is 0 Å². The average molecular weight is 215 g/mol. The highest BCUT2D eigenvalue weighted by atomic mass is 16.5. The Labute approximate surface area is 90.6 Å². The smallest absolute Gasteiger partial charge is 0.305 e. The third-order valence-electron chi connectivity index (χ3n) is 1.71. The lowest BCUT2D eigenvalue weighted by atomic mass is 9.93. The van der Waals surface area contributed by atoms with Crippen molar-refractivity contribution in [2.75, 3.05) is 6.61 Å². The van der Waals surface area contributed by atoms with Crippen molar-refractivity contribution < 1.29 is 19.4 Å². The van der Waals surface area contributed by atoms with Crippen LogP contribution in [-0.4, -0.2) is 23.7 Å². The summed E-state index contributed by atoms with van der Waals surface area (Å²) in [5.74, 6) is -1.22. The quantitative estimate of drug-likeness (QED) is 0.688. The van der Waals surface area contributed by atoms with E-state index < -0.39 is 5.97 Å². The Hall–Kier alpha value is -1.06. The second kappa shape index (κ2) is 6.43. The van der Waals surface area contributed by atoms with Gasteiger partial charge in [0.1, 0.15) is 0 Å². The van der Waals surface area contributed by atoms with Gasteiger partial charge in [-0.15, -0.1) is 0 Å². The molecule has 0 rings (SSSR count). The fourth-order valence-corrected chi connectivity index (χ4v) is 0.841. The number of esters is 1. The van der Waals surface area contributed by atoms with Gasteiger partial charge < -0.3 is 9.84 Å². The summed E-state index contributed by atoms with van der Waals surface area (Å²) in [5, 5.41) is 8.35. The van der Waals surface area contributed by atoms with E-state index in [9.17, 15) is 9.59 Å². The Morgan fingerprint density at radius 3 is 2.33 bits per heavy atom. The van der Waals surface area contributed by atoms with E-state index in [0.29, 0.717) is 6.42 Å². The number of hydrogen-bond acceptors (Lipinski definition) is 3. The average Bonchev–Trinajstić information content (AvgIpc) is 2.00. The van der Waals surface area contributed by atoms with Crippen LogP contribution in [0.4, 0.5) is 0 Å². The summed E-state index contributed by atoms with van der Waals surface area (Å²) in [6.45, 7) is 6.34. The molecule has 4 nitrogen and oxygen atoms in total. The summed E-state index contributed by atoms with van der Waals surface area (Å²) in [4.78, 5) is 21.2. The predicted octanol–water partition coefficient (Wildman–Crippen LogP) is 2.03. The van der Waals surface area contributed by atoms with Gasteiger partial charge in [0.25, 0.3) is 0 Å². The van der Waals surface area contributed by atoms with Gasteiger partial charge in [-0.25, -0.2) is 0 Å². The van der Waals surface area contributed by atoms with E-state index in [2.05, 4.69) is 0 Å². The van der Waals surface area contributed by atoms with Crippen molar-refractivity contribution in [3.8, 4) is 0 Å². The molecule has 0 spiro atoms. The van der Waals surface area contributed by atoms with E-state index in [0.717, 1.165) is 0 Å². The Bertz CT molecular complexity index is 215. The summed E-state index contributed by atoms with van der Waals surface area (Å²) in [7, 11) is 0. The molecular formula is C11H19O4. The first kappa shape index (κ1) is 13.9. The fraction of sp³-hybridized carbons (Fsp3) is 0.727. The van der Waals surface area contributed by atoms with Gasteiger partial charge in [0.15, 0.2) is 0 Å². The van der Waals surface area contributed by atoms with E-state index in [1.165, 1.54) is 0 Å². The molecule has 0 bridgehead atoms. The number of hydrogen-bond donors (Lipinski definition) is 1. The monoisotopic (exact) mass is 215 g/mol. The summed E-state index contributed by atoms with van der Waals surface area (Å²) in [5.41, 5.74) is 0.0291. The second-order valence-electron chi connectivity index (χ2n) is 4.50. The molecule has 0 aromatic carbocycles. The third kappa shape index (κ3) is 10.9. The minimum absolute atomic E-state index is 0.0120. The van der Waals surface area contributed by atoms with Gasteiger partial charge in [0, 0.05) is 19.3 Å². The Kier molecular flexibility index (Phi) is 5.97. The fourth-order valence-electron chi connectivity index (χ4n) is 0.841. The van der Waals surface area contributed by atoms with E-state index in [-0.39, 0.29) is 30.8 Å². The highest BCUT2D eigenvalue weighted by Gasteiger charge is 2.12. The molecule has 0 saturated heterocycles. The van der Waals surface area contributed by atoms with Crippen molar-refractivity contribution in [2.24, 2.45) is 5.41 Å². The van der Waals surface area contributed by atoms with Gasteiger partial charge >= 0.3 is 11.9 Å². The molecule has 0 heterocycles. The van der Waals surface area contributed by atoms with Gasteiger partial charge in [-0.3, -0.25) is 9.59 Å². The van der Waals surface area contributed by atoms with Crippen molar-refractivity contribution in [3.05, 3.63) is 6.42 Å². The Balaban J connectivity index is 3.46. The maximum atomic E-state index is 11.1. The molecule has 0 atom stereocenters. The van der Waals surface area contributed by atoms with Crippen LogP contribution < -0.4 is 0 Å². The SMILES string of the molecule is CC(C)(C)[CH]COC(=O)CCCC(=O)O. The molecule has 4 heteroatoms. The number of rotatable bonds is 6. The summed E-state index contributed by atoms with van der Waals surface area (Å²) < 4.78 is 4.91. The summed E-state index contributed by atoms with van der Waals surface area (Å²) in [6, 6.07) is 0. The second-order valence-corrected chi connectivity index (χ2v) is 4.50. The van der Waals surface area contributed by atoms with Crippen molar-refractivity contribution in [3.63, 3.8) is 0 Å². The molecule has 0 amide bonds. The van der Waals surface area contributed by atoms with Crippen LogP contribution in [0, 0.1) is 11.8 Å². The molecule has 0 aliphatic carbocycles. The standard InChI is InChI=1S/C11H19O4/c1-11(2,3)7-8-15-10(14)6-4-5-9(12)13/h7H,4-6,8H2,1-3H3,(H,12,13). The highest BCUT2D eigenvalue weighted by molar-refractivity contribution is 5.71. The van der Waals surface area contributed by atoms with E-state index in [4.69, 9.17) is 9.84 Å². The molecule has 0 aliphatic rings. The first-order chi connectivity index (χ1) is 6.81. The number of ether oxygens (including phenoxy) is 1. The minimum atomic E-state index is -0.885. The van der Waals surface area contributed by atoms with Gasteiger partial charge in [0.2, 0.25) is 0 Å². The highest BCUT2D eigenvalue weighted by Crippen LogP contribution is 2.16. The van der Waals surface area contributed by atoms with Crippen LogP contribution in [0.5, 0.6) is 0 Å². The van der Waals surface area contributed by atoms with Crippen LogP contribution >= 0.6 is 0 Å².